The van der Waals surface area contributed by atoms with E-state index in [1.165, 1.54) is 6.92 Å². The van der Waals surface area contributed by atoms with E-state index >= 15 is 0 Å². The van der Waals surface area contributed by atoms with Crippen molar-refractivity contribution in [3.63, 3.8) is 0 Å². The lowest BCUT2D eigenvalue weighted by Gasteiger charge is -2.13. The van der Waals surface area contributed by atoms with Crippen molar-refractivity contribution >= 4 is 41.2 Å². The van der Waals surface area contributed by atoms with Gasteiger partial charge in [-0.15, -0.1) is 0 Å². The summed E-state index contributed by atoms with van der Waals surface area (Å²) in [6.07, 6.45) is 2.13. The van der Waals surface area contributed by atoms with Gasteiger partial charge in [0.05, 0.1) is 6.61 Å². The van der Waals surface area contributed by atoms with Gasteiger partial charge in [-0.1, -0.05) is 22.6 Å². The first-order chi connectivity index (χ1) is 5.70. The van der Waals surface area contributed by atoms with Crippen molar-refractivity contribution in [1.29, 1.82) is 0 Å². The van der Waals surface area contributed by atoms with E-state index < -0.39 is 0 Å². The average molecular weight is 302 g/mol. The van der Waals surface area contributed by atoms with Crippen molar-refractivity contribution in [2.24, 2.45) is 5.92 Å². The zero-order valence-corrected chi connectivity index (χ0v) is 10.3. The maximum absolute atomic E-state index is 10.5. The Labute approximate surface area is 93.0 Å². The molecule has 0 bridgehead atoms. The zero-order valence-electron chi connectivity index (χ0n) is 7.25. The molecule has 0 aliphatic rings. The lowest BCUT2D eigenvalue weighted by Crippen LogP contribution is -2.13. The molecule has 0 saturated heterocycles. The third-order valence-corrected chi connectivity index (χ3v) is 2.46. The van der Waals surface area contributed by atoms with Crippen LogP contribution in [-0.4, -0.2) is 22.8 Å². The van der Waals surface area contributed by atoms with E-state index in [-0.39, 0.29) is 5.97 Å². The summed E-state index contributed by atoms with van der Waals surface area (Å²) in [6.45, 7) is 2.00. The van der Waals surface area contributed by atoms with E-state index in [1.54, 1.807) is 0 Å². The molecule has 0 aromatic rings. The lowest BCUT2D eigenvalue weighted by molar-refractivity contribution is -0.142. The number of esters is 1. The number of carbonyl (C=O) groups is 1. The van der Waals surface area contributed by atoms with Gasteiger partial charge in [-0.05, 0) is 28.9 Å². The lowest BCUT2D eigenvalue weighted by atomic mass is 10.1. The van der Waals surface area contributed by atoms with Crippen molar-refractivity contribution in [3.8, 4) is 0 Å². The summed E-state index contributed by atoms with van der Waals surface area (Å²) in [5.74, 6) is 1.17. The molecule has 0 aromatic carbocycles. The molecule has 72 valence electrons. The van der Waals surface area contributed by atoms with Crippen LogP contribution >= 0.6 is 35.2 Å². The van der Waals surface area contributed by atoms with E-state index in [0.29, 0.717) is 12.5 Å². The first kappa shape index (κ1) is 12.6. The first-order valence-corrected chi connectivity index (χ1v) is 6.16. The average Bonchev–Trinajstić information content (AvgIpc) is 2.01. The smallest absolute Gasteiger partial charge is 0.302 e. The number of carbonyl (C=O) groups excluding carboxylic acids is 1. The number of thiol groups is 1. The second-order valence-corrected chi connectivity index (χ2v) is 4.18. The summed E-state index contributed by atoms with van der Waals surface area (Å²) in [5.41, 5.74) is 0. The number of rotatable bonds is 6. The Bertz CT molecular complexity index is 124. The Balaban J connectivity index is 3.54. The summed E-state index contributed by atoms with van der Waals surface area (Å²) in [5, 5.41) is 0. The highest BCUT2D eigenvalue weighted by Gasteiger charge is 2.08. The standard InChI is InChI=1S/C8H15IO2S/c1-7(10)11-6-8(2-4-9)3-5-12/h8,12H,2-6H2,1H3. The molecule has 12 heavy (non-hydrogen) atoms. The summed E-state index contributed by atoms with van der Waals surface area (Å²) < 4.78 is 6.04. The van der Waals surface area contributed by atoms with Gasteiger partial charge in [0.15, 0.2) is 0 Å². The topological polar surface area (TPSA) is 26.3 Å². The summed E-state index contributed by atoms with van der Waals surface area (Å²) in [6, 6.07) is 0. The van der Waals surface area contributed by atoms with Crippen LogP contribution in [0.4, 0.5) is 0 Å². The number of hydrogen-bond acceptors (Lipinski definition) is 3. The zero-order chi connectivity index (χ0) is 9.40. The van der Waals surface area contributed by atoms with E-state index in [9.17, 15) is 4.79 Å². The molecule has 0 N–H and O–H groups in total. The minimum atomic E-state index is -0.187. The molecule has 0 aliphatic heterocycles. The fraction of sp³-hybridized carbons (Fsp3) is 0.875. The largest absolute Gasteiger partial charge is 0.466 e. The molecule has 4 heteroatoms. The van der Waals surface area contributed by atoms with Gasteiger partial charge in [0.1, 0.15) is 0 Å². The molecule has 0 amide bonds. The summed E-state index contributed by atoms with van der Waals surface area (Å²) in [7, 11) is 0. The van der Waals surface area contributed by atoms with Crippen molar-refractivity contribution in [2.45, 2.75) is 19.8 Å². The molecule has 2 nitrogen and oxygen atoms in total. The summed E-state index contributed by atoms with van der Waals surface area (Å²) in [4.78, 5) is 10.5. The van der Waals surface area contributed by atoms with Gasteiger partial charge in [0, 0.05) is 6.92 Å². The first-order valence-electron chi connectivity index (χ1n) is 4.01. The fourth-order valence-corrected chi connectivity index (χ4v) is 2.13. The van der Waals surface area contributed by atoms with Gasteiger partial charge in [-0.2, -0.15) is 12.6 Å². The SMILES string of the molecule is CC(=O)OCC(CCS)CCI. The van der Waals surface area contributed by atoms with Crippen LogP contribution < -0.4 is 0 Å². The van der Waals surface area contributed by atoms with Crippen LogP contribution in [0.3, 0.4) is 0 Å². The highest BCUT2D eigenvalue weighted by Crippen LogP contribution is 2.11. The number of halogens is 1. The number of hydrogen-bond donors (Lipinski definition) is 1. The minimum Gasteiger partial charge on any atom is -0.466 e. The molecular formula is C8H15IO2S. The summed E-state index contributed by atoms with van der Waals surface area (Å²) >= 11 is 6.49. The number of alkyl halides is 1. The minimum absolute atomic E-state index is 0.187. The Morgan fingerprint density at radius 2 is 2.25 bits per heavy atom. The fourth-order valence-electron chi connectivity index (χ4n) is 0.883. The number of ether oxygens (including phenoxy) is 1. The monoisotopic (exact) mass is 302 g/mol. The van der Waals surface area contributed by atoms with Gasteiger partial charge in [0.25, 0.3) is 0 Å². The van der Waals surface area contributed by atoms with E-state index in [4.69, 9.17) is 4.74 Å². The van der Waals surface area contributed by atoms with Gasteiger partial charge < -0.3 is 4.74 Å². The second-order valence-electron chi connectivity index (χ2n) is 2.66. The van der Waals surface area contributed by atoms with Crippen LogP contribution in [0.2, 0.25) is 0 Å². The molecule has 0 aromatic heterocycles. The van der Waals surface area contributed by atoms with Crippen LogP contribution in [0.15, 0.2) is 0 Å². The van der Waals surface area contributed by atoms with Gasteiger partial charge >= 0.3 is 5.97 Å². The molecule has 0 heterocycles. The molecule has 0 spiro atoms. The highest BCUT2D eigenvalue weighted by atomic mass is 127. The van der Waals surface area contributed by atoms with E-state index in [1.807, 2.05) is 0 Å². The molecule has 1 unspecified atom stereocenters. The van der Waals surface area contributed by atoms with Crippen LogP contribution in [0.1, 0.15) is 19.8 Å². The van der Waals surface area contributed by atoms with Crippen LogP contribution in [-0.2, 0) is 9.53 Å². The molecule has 0 saturated carbocycles. The van der Waals surface area contributed by atoms with Crippen LogP contribution in [0, 0.1) is 5.92 Å². The molecule has 1 atom stereocenters. The maximum atomic E-state index is 10.5. The third-order valence-electron chi connectivity index (χ3n) is 1.58. The predicted molar refractivity (Wildman–Crippen MR) is 62.1 cm³/mol. The molecule has 0 rings (SSSR count). The molecular weight excluding hydrogens is 287 g/mol. The van der Waals surface area contributed by atoms with Crippen molar-refractivity contribution in [1.82, 2.24) is 0 Å². The molecule has 0 radical (unpaired) electrons. The van der Waals surface area contributed by atoms with Crippen molar-refractivity contribution in [2.75, 3.05) is 16.8 Å². The highest BCUT2D eigenvalue weighted by molar-refractivity contribution is 14.1. The Morgan fingerprint density at radius 1 is 1.58 bits per heavy atom. The molecule has 0 aliphatic carbocycles. The maximum Gasteiger partial charge on any atom is 0.302 e. The third kappa shape index (κ3) is 7.21. The van der Waals surface area contributed by atoms with Crippen LogP contribution in [0.25, 0.3) is 0 Å². The van der Waals surface area contributed by atoms with Gasteiger partial charge in [0.2, 0.25) is 0 Å². The van der Waals surface area contributed by atoms with Crippen molar-refractivity contribution in [3.05, 3.63) is 0 Å². The molecule has 0 fully saturated rings. The van der Waals surface area contributed by atoms with E-state index in [0.717, 1.165) is 23.0 Å². The predicted octanol–water partition coefficient (Wildman–Crippen LogP) is 2.31. The van der Waals surface area contributed by atoms with Gasteiger partial charge in [-0.25, -0.2) is 0 Å². The Kier molecular flexibility index (Phi) is 8.54. The normalized spacial score (nSPS) is 12.6. The van der Waals surface area contributed by atoms with Gasteiger partial charge in [-0.3, -0.25) is 4.79 Å². The van der Waals surface area contributed by atoms with Crippen molar-refractivity contribution < 1.29 is 9.53 Å². The quantitative estimate of drug-likeness (QED) is 0.353. The Morgan fingerprint density at radius 3 is 2.67 bits per heavy atom. The Hall–Kier alpha value is 0.550. The second kappa shape index (κ2) is 8.16. The van der Waals surface area contributed by atoms with E-state index in [2.05, 4.69) is 35.2 Å². The van der Waals surface area contributed by atoms with Crippen LogP contribution in [0.5, 0.6) is 0 Å².